The van der Waals surface area contributed by atoms with Crippen LogP contribution >= 0.6 is 0 Å². The molecule has 0 radical (unpaired) electrons. The molecule has 4 heteroatoms. The van der Waals surface area contributed by atoms with E-state index in [0.717, 1.165) is 18.5 Å². The number of carbonyl (C=O) groups excluding carboxylic acids is 1. The first-order valence-electron chi connectivity index (χ1n) is 7.97. The lowest BCUT2D eigenvalue weighted by molar-refractivity contribution is 0.0952. The molecule has 0 aliphatic rings. The molecule has 2 rings (SSSR count). The van der Waals surface area contributed by atoms with Crippen LogP contribution in [0.5, 0.6) is 0 Å². The molecule has 0 fully saturated rings. The maximum Gasteiger partial charge on any atom is 0.251 e. The molecule has 0 atom stereocenters. The number of rotatable bonds is 6. The number of aryl methyl sites for hydroxylation is 1. The minimum Gasteiger partial charge on any atom is -0.352 e. The summed E-state index contributed by atoms with van der Waals surface area (Å²) in [5.41, 5.74) is 1.96. The molecule has 1 aromatic heterocycles. The summed E-state index contributed by atoms with van der Waals surface area (Å²) < 4.78 is 2.00. The first-order chi connectivity index (χ1) is 10.9. The van der Waals surface area contributed by atoms with Crippen LogP contribution in [0.25, 0.3) is 6.08 Å². The first kappa shape index (κ1) is 17.0. The molecule has 0 spiro atoms. The van der Waals surface area contributed by atoms with Crippen LogP contribution < -0.4 is 5.32 Å². The summed E-state index contributed by atoms with van der Waals surface area (Å²) in [7, 11) is 0. The molecule has 1 aromatic carbocycles. The van der Waals surface area contributed by atoms with Gasteiger partial charge in [-0.2, -0.15) is 0 Å². The fourth-order valence-electron chi connectivity index (χ4n) is 2.08. The Hall–Kier alpha value is -2.36. The van der Waals surface area contributed by atoms with E-state index in [4.69, 9.17) is 0 Å². The van der Waals surface area contributed by atoms with E-state index < -0.39 is 0 Å². The van der Waals surface area contributed by atoms with Crippen molar-refractivity contribution in [2.24, 2.45) is 5.41 Å². The Bertz CT molecular complexity index is 634. The number of aromatic nitrogens is 2. The van der Waals surface area contributed by atoms with Crippen molar-refractivity contribution in [1.82, 2.24) is 14.9 Å². The molecule has 0 bridgehead atoms. The molecular formula is C19H25N3O. The Morgan fingerprint density at radius 3 is 2.61 bits per heavy atom. The van der Waals surface area contributed by atoms with Crippen LogP contribution in [0.2, 0.25) is 0 Å². The number of carbonyl (C=O) groups is 1. The fraction of sp³-hybridized carbons (Fsp3) is 0.368. The number of nitrogens with zero attached hydrogens (tertiary/aromatic N) is 2. The maximum atomic E-state index is 12.1. The SMILES string of the molecule is CC(C)(C)C=Cc1ccc(C(=O)NCCCn2ccnc2)cc1. The van der Waals surface area contributed by atoms with Crippen molar-refractivity contribution >= 4 is 12.0 Å². The van der Waals surface area contributed by atoms with Gasteiger partial charge in [-0.05, 0) is 29.5 Å². The number of allylic oxidation sites excluding steroid dienone is 1. The smallest absolute Gasteiger partial charge is 0.251 e. The van der Waals surface area contributed by atoms with Gasteiger partial charge in [0.25, 0.3) is 5.91 Å². The molecule has 0 aliphatic heterocycles. The minimum atomic E-state index is -0.0259. The summed E-state index contributed by atoms with van der Waals surface area (Å²) in [6.45, 7) is 8.00. The normalized spacial score (nSPS) is 11.8. The molecule has 2 aromatic rings. The molecule has 4 nitrogen and oxygen atoms in total. The minimum absolute atomic E-state index is 0.0259. The van der Waals surface area contributed by atoms with E-state index in [1.54, 1.807) is 12.5 Å². The van der Waals surface area contributed by atoms with Crippen LogP contribution in [0, 0.1) is 5.41 Å². The van der Waals surface area contributed by atoms with E-state index >= 15 is 0 Å². The summed E-state index contributed by atoms with van der Waals surface area (Å²) in [6.07, 6.45) is 10.6. The Morgan fingerprint density at radius 2 is 2.00 bits per heavy atom. The van der Waals surface area contributed by atoms with E-state index in [-0.39, 0.29) is 11.3 Å². The largest absolute Gasteiger partial charge is 0.352 e. The van der Waals surface area contributed by atoms with Gasteiger partial charge in [-0.15, -0.1) is 0 Å². The number of nitrogens with one attached hydrogen (secondary N) is 1. The zero-order valence-corrected chi connectivity index (χ0v) is 14.1. The van der Waals surface area contributed by atoms with Crippen LogP contribution in [0.1, 0.15) is 43.1 Å². The molecular weight excluding hydrogens is 286 g/mol. The van der Waals surface area contributed by atoms with Gasteiger partial charge in [0.05, 0.1) is 6.33 Å². The lowest BCUT2D eigenvalue weighted by atomic mass is 9.95. The van der Waals surface area contributed by atoms with Gasteiger partial charge in [0, 0.05) is 31.0 Å². The van der Waals surface area contributed by atoms with Gasteiger partial charge in [0.2, 0.25) is 0 Å². The molecule has 0 saturated heterocycles. The van der Waals surface area contributed by atoms with Crippen molar-refractivity contribution < 1.29 is 4.79 Å². The van der Waals surface area contributed by atoms with E-state index in [1.165, 1.54) is 0 Å². The van der Waals surface area contributed by atoms with Crippen LogP contribution in [-0.2, 0) is 6.54 Å². The van der Waals surface area contributed by atoms with Crippen molar-refractivity contribution in [2.45, 2.75) is 33.7 Å². The zero-order valence-electron chi connectivity index (χ0n) is 14.1. The van der Waals surface area contributed by atoms with Crippen molar-refractivity contribution in [3.05, 3.63) is 60.2 Å². The summed E-state index contributed by atoms with van der Waals surface area (Å²) >= 11 is 0. The van der Waals surface area contributed by atoms with E-state index in [1.807, 2.05) is 35.0 Å². The average Bonchev–Trinajstić information content (AvgIpc) is 3.02. The van der Waals surface area contributed by atoms with Gasteiger partial charge in [-0.25, -0.2) is 4.98 Å². The molecule has 1 amide bonds. The van der Waals surface area contributed by atoms with E-state index in [2.05, 4.69) is 43.2 Å². The maximum absolute atomic E-state index is 12.1. The number of amides is 1. The van der Waals surface area contributed by atoms with Crippen LogP contribution in [0.4, 0.5) is 0 Å². The van der Waals surface area contributed by atoms with Crippen molar-refractivity contribution in [3.8, 4) is 0 Å². The number of hydrogen-bond acceptors (Lipinski definition) is 2. The van der Waals surface area contributed by atoms with Crippen molar-refractivity contribution in [1.29, 1.82) is 0 Å². The van der Waals surface area contributed by atoms with Gasteiger partial charge in [0.15, 0.2) is 0 Å². The molecule has 1 N–H and O–H groups in total. The Labute approximate surface area is 138 Å². The van der Waals surface area contributed by atoms with Crippen molar-refractivity contribution in [2.75, 3.05) is 6.54 Å². The number of imidazole rings is 1. The topological polar surface area (TPSA) is 46.9 Å². The lowest BCUT2D eigenvalue weighted by Gasteiger charge is -2.11. The number of hydrogen-bond donors (Lipinski definition) is 1. The lowest BCUT2D eigenvalue weighted by Crippen LogP contribution is -2.25. The van der Waals surface area contributed by atoms with E-state index in [9.17, 15) is 4.79 Å². The Balaban J connectivity index is 1.79. The molecule has 0 unspecified atom stereocenters. The molecule has 23 heavy (non-hydrogen) atoms. The Kier molecular flexibility index (Phi) is 5.74. The van der Waals surface area contributed by atoms with Gasteiger partial charge in [-0.3, -0.25) is 4.79 Å². The second-order valence-corrected chi connectivity index (χ2v) is 6.73. The number of benzene rings is 1. The Morgan fingerprint density at radius 1 is 1.26 bits per heavy atom. The molecule has 0 aliphatic carbocycles. The highest BCUT2D eigenvalue weighted by atomic mass is 16.1. The van der Waals surface area contributed by atoms with Gasteiger partial charge >= 0.3 is 0 Å². The summed E-state index contributed by atoms with van der Waals surface area (Å²) in [4.78, 5) is 16.1. The van der Waals surface area contributed by atoms with Gasteiger partial charge in [-0.1, -0.05) is 45.1 Å². The third-order valence-electron chi connectivity index (χ3n) is 3.39. The van der Waals surface area contributed by atoms with Crippen LogP contribution in [0.3, 0.4) is 0 Å². The zero-order chi connectivity index (χ0) is 16.7. The summed E-state index contributed by atoms with van der Waals surface area (Å²) in [6, 6.07) is 7.69. The standard InChI is InChI=1S/C19H25N3O/c1-19(2,3)10-9-16-5-7-17(8-6-16)18(23)21-11-4-13-22-14-12-20-15-22/h5-10,12,14-15H,4,11,13H2,1-3H3,(H,21,23). The predicted molar refractivity (Wildman–Crippen MR) is 94.1 cm³/mol. The first-order valence-corrected chi connectivity index (χ1v) is 7.97. The van der Waals surface area contributed by atoms with E-state index in [0.29, 0.717) is 12.1 Å². The third-order valence-corrected chi connectivity index (χ3v) is 3.39. The van der Waals surface area contributed by atoms with Gasteiger partial charge in [0.1, 0.15) is 0 Å². The molecule has 1 heterocycles. The second-order valence-electron chi connectivity index (χ2n) is 6.73. The quantitative estimate of drug-likeness (QED) is 0.826. The highest BCUT2D eigenvalue weighted by Gasteiger charge is 2.05. The molecule has 0 saturated carbocycles. The second kappa shape index (κ2) is 7.77. The summed E-state index contributed by atoms with van der Waals surface area (Å²) in [5.74, 6) is -0.0259. The average molecular weight is 311 g/mol. The van der Waals surface area contributed by atoms with Crippen molar-refractivity contribution in [3.63, 3.8) is 0 Å². The highest BCUT2D eigenvalue weighted by Crippen LogP contribution is 2.17. The van der Waals surface area contributed by atoms with Crippen LogP contribution in [-0.4, -0.2) is 22.0 Å². The monoisotopic (exact) mass is 311 g/mol. The van der Waals surface area contributed by atoms with Gasteiger partial charge < -0.3 is 9.88 Å². The highest BCUT2D eigenvalue weighted by molar-refractivity contribution is 5.94. The van der Waals surface area contributed by atoms with Crippen LogP contribution in [0.15, 0.2) is 49.1 Å². The molecule has 122 valence electrons. The predicted octanol–water partition coefficient (Wildman–Crippen LogP) is 3.76. The fourth-order valence-corrected chi connectivity index (χ4v) is 2.08. The third kappa shape index (κ3) is 6.10. The summed E-state index contributed by atoms with van der Waals surface area (Å²) in [5, 5.41) is 2.95.